The fourth-order valence-electron chi connectivity index (χ4n) is 1.40. The third-order valence-corrected chi connectivity index (χ3v) is 2.04. The van der Waals surface area contributed by atoms with E-state index in [1.165, 1.54) is 0 Å². The highest BCUT2D eigenvalue weighted by atomic mass is 16.6. The quantitative estimate of drug-likeness (QED) is 0.538. The van der Waals surface area contributed by atoms with Crippen molar-refractivity contribution in [3.63, 3.8) is 0 Å². The highest BCUT2D eigenvalue weighted by Gasteiger charge is 2.16. The van der Waals surface area contributed by atoms with Crippen LogP contribution in [-0.2, 0) is 4.84 Å². The first-order chi connectivity index (χ1) is 7.42. The maximum atomic E-state index is 8.32. The molecule has 1 aliphatic rings. The second-order valence-electron chi connectivity index (χ2n) is 2.99. The molecular weight excluding hydrogens is 192 g/mol. The standard InChI is InChI=1S/C11H9N2O2/c12-6-8-15-13-10-5-7-14-11-4-2-1-3-9(10)11/h1,3-4H,5,7-8H2/b13-10+. The SMILES string of the molecule is N#CCO/N=C1\CCOc2c[c]ccc21. The zero-order valence-electron chi connectivity index (χ0n) is 8.06. The van der Waals surface area contributed by atoms with E-state index in [0.29, 0.717) is 13.0 Å². The van der Waals surface area contributed by atoms with Crippen LogP contribution in [0.15, 0.2) is 23.4 Å². The van der Waals surface area contributed by atoms with E-state index in [1.54, 1.807) is 12.1 Å². The second-order valence-corrected chi connectivity index (χ2v) is 2.99. The van der Waals surface area contributed by atoms with Crippen LogP contribution >= 0.6 is 0 Å². The molecule has 0 N–H and O–H groups in total. The molecule has 0 spiro atoms. The molecule has 0 amide bonds. The van der Waals surface area contributed by atoms with Crippen molar-refractivity contribution in [2.24, 2.45) is 5.16 Å². The van der Waals surface area contributed by atoms with Crippen molar-refractivity contribution in [2.45, 2.75) is 6.42 Å². The summed E-state index contributed by atoms with van der Waals surface area (Å²) in [5.74, 6) is 0.767. The number of ether oxygens (including phenoxy) is 1. The third kappa shape index (κ3) is 2.08. The first-order valence-electron chi connectivity index (χ1n) is 4.61. The molecule has 1 aromatic rings. The van der Waals surface area contributed by atoms with Gasteiger partial charge in [0.1, 0.15) is 11.8 Å². The topological polar surface area (TPSA) is 54.6 Å². The molecule has 4 heteroatoms. The monoisotopic (exact) mass is 201 g/mol. The molecule has 4 nitrogen and oxygen atoms in total. The van der Waals surface area contributed by atoms with Gasteiger partial charge in [-0.1, -0.05) is 11.2 Å². The molecule has 0 fully saturated rings. The normalized spacial score (nSPS) is 16.3. The number of nitrogens with zero attached hydrogens (tertiary/aromatic N) is 2. The highest BCUT2D eigenvalue weighted by molar-refractivity contribution is 6.03. The predicted molar refractivity (Wildman–Crippen MR) is 53.5 cm³/mol. The van der Waals surface area contributed by atoms with E-state index < -0.39 is 0 Å². The number of hydrogen-bond acceptors (Lipinski definition) is 4. The molecule has 1 radical (unpaired) electrons. The smallest absolute Gasteiger partial charge is 0.202 e. The molecule has 0 unspecified atom stereocenters. The molecule has 1 aromatic carbocycles. The van der Waals surface area contributed by atoms with Gasteiger partial charge in [0, 0.05) is 12.0 Å². The molecule has 15 heavy (non-hydrogen) atoms. The molecule has 1 heterocycles. The number of oxime groups is 1. The van der Waals surface area contributed by atoms with Crippen molar-refractivity contribution in [3.05, 3.63) is 29.8 Å². The molecule has 2 rings (SSSR count). The van der Waals surface area contributed by atoms with Crippen molar-refractivity contribution >= 4 is 5.71 Å². The van der Waals surface area contributed by atoms with E-state index in [4.69, 9.17) is 14.8 Å². The highest BCUT2D eigenvalue weighted by Crippen LogP contribution is 2.24. The van der Waals surface area contributed by atoms with Crippen LogP contribution in [0.5, 0.6) is 5.75 Å². The van der Waals surface area contributed by atoms with E-state index in [2.05, 4.69) is 11.2 Å². The maximum absolute atomic E-state index is 8.32. The number of benzene rings is 1. The average Bonchev–Trinajstić information content (AvgIpc) is 2.30. The van der Waals surface area contributed by atoms with E-state index in [-0.39, 0.29) is 6.61 Å². The Morgan fingerprint density at radius 3 is 3.47 bits per heavy atom. The van der Waals surface area contributed by atoms with Gasteiger partial charge in [0.15, 0.2) is 0 Å². The van der Waals surface area contributed by atoms with E-state index in [1.807, 2.05) is 12.1 Å². The summed E-state index contributed by atoms with van der Waals surface area (Å²) in [6, 6.07) is 10.2. The maximum Gasteiger partial charge on any atom is 0.202 e. The van der Waals surface area contributed by atoms with Gasteiger partial charge in [0.05, 0.1) is 12.3 Å². The van der Waals surface area contributed by atoms with Crippen molar-refractivity contribution in [3.8, 4) is 11.8 Å². The molecule has 0 bridgehead atoms. The van der Waals surface area contributed by atoms with Gasteiger partial charge in [-0.25, -0.2) is 0 Å². The van der Waals surface area contributed by atoms with Crippen LogP contribution < -0.4 is 4.74 Å². The van der Waals surface area contributed by atoms with Gasteiger partial charge in [-0.15, -0.1) is 0 Å². The largest absolute Gasteiger partial charge is 0.492 e. The number of nitriles is 1. The fraction of sp³-hybridized carbons (Fsp3) is 0.273. The average molecular weight is 201 g/mol. The Bertz CT molecular complexity index is 421. The Labute approximate surface area is 87.7 Å². The van der Waals surface area contributed by atoms with Crippen LogP contribution in [-0.4, -0.2) is 18.9 Å². The minimum Gasteiger partial charge on any atom is -0.492 e. The Balaban J connectivity index is 2.22. The zero-order valence-corrected chi connectivity index (χ0v) is 8.06. The zero-order chi connectivity index (χ0) is 10.5. The lowest BCUT2D eigenvalue weighted by atomic mass is 10.0. The molecule has 0 aliphatic carbocycles. The van der Waals surface area contributed by atoms with Crippen LogP contribution in [0.3, 0.4) is 0 Å². The minimum atomic E-state index is -0.0291. The first-order valence-corrected chi connectivity index (χ1v) is 4.61. The van der Waals surface area contributed by atoms with Gasteiger partial charge in [0.25, 0.3) is 0 Å². The second kappa shape index (κ2) is 4.47. The minimum absolute atomic E-state index is 0.0291. The number of hydrogen-bond donors (Lipinski definition) is 0. The summed E-state index contributed by atoms with van der Waals surface area (Å²) in [5.41, 5.74) is 1.73. The van der Waals surface area contributed by atoms with Gasteiger partial charge in [-0.05, 0) is 18.2 Å². The molecule has 0 saturated heterocycles. The van der Waals surface area contributed by atoms with E-state index >= 15 is 0 Å². The first kappa shape index (κ1) is 9.53. The van der Waals surface area contributed by atoms with E-state index in [0.717, 1.165) is 17.0 Å². The van der Waals surface area contributed by atoms with Crippen LogP contribution in [0.1, 0.15) is 12.0 Å². The summed E-state index contributed by atoms with van der Waals surface area (Å²) in [4.78, 5) is 4.84. The summed E-state index contributed by atoms with van der Waals surface area (Å²) in [7, 11) is 0. The number of rotatable bonds is 2. The van der Waals surface area contributed by atoms with Crippen LogP contribution in [0.2, 0.25) is 0 Å². The molecule has 75 valence electrons. The predicted octanol–water partition coefficient (Wildman–Crippen LogP) is 1.51. The van der Waals surface area contributed by atoms with Crippen LogP contribution in [0, 0.1) is 17.4 Å². The molecule has 0 aromatic heterocycles. The third-order valence-electron chi connectivity index (χ3n) is 2.04. The van der Waals surface area contributed by atoms with Gasteiger partial charge in [-0.2, -0.15) is 5.26 Å². The van der Waals surface area contributed by atoms with Crippen molar-refractivity contribution in [1.29, 1.82) is 5.26 Å². The molecule has 1 aliphatic heterocycles. The number of fused-ring (bicyclic) bond motifs is 1. The van der Waals surface area contributed by atoms with Gasteiger partial charge in [-0.3, -0.25) is 0 Å². The Morgan fingerprint density at radius 2 is 2.60 bits per heavy atom. The molecular formula is C11H9N2O2. The lowest BCUT2D eigenvalue weighted by Crippen LogP contribution is -2.16. The summed E-state index contributed by atoms with van der Waals surface area (Å²) >= 11 is 0. The summed E-state index contributed by atoms with van der Waals surface area (Å²) in [6.45, 7) is 0.554. The Hall–Kier alpha value is -2.02. The van der Waals surface area contributed by atoms with Crippen molar-refractivity contribution in [2.75, 3.05) is 13.2 Å². The van der Waals surface area contributed by atoms with Crippen LogP contribution in [0.4, 0.5) is 0 Å². The van der Waals surface area contributed by atoms with Crippen molar-refractivity contribution < 1.29 is 9.57 Å². The Morgan fingerprint density at radius 1 is 1.67 bits per heavy atom. The summed E-state index contributed by atoms with van der Waals surface area (Å²) in [6.07, 6.45) is 0.697. The van der Waals surface area contributed by atoms with Crippen molar-refractivity contribution in [1.82, 2.24) is 0 Å². The lowest BCUT2D eigenvalue weighted by molar-refractivity contribution is 0.176. The lowest BCUT2D eigenvalue weighted by Gasteiger charge is -2.17. The fourth-order valence-corrected chi connectivity index (χ4v) is 1.40. The van der Waals surface area contributed by atoms with Gasteiger partial charge >= 0.3 is 0 Å². The Kier molecular flexibility index (Phi) is 2.84. The van der Waals surface area contributed by atoms with Gasteiger partial charge in [0.2, 0.25) is 6.61 Å². The summed E-state index contributed by atoms with van der Waals surface area (Å²) in [5, 5.41) is 12.2. The molecule has 0 saturated carbocycles. The van der Waals surface area contributed by atoms with Gasteiger partial charge < -0.3 is 9.57 Å². The van der Waals surface area contributed by atoms with E-state index in [9.17, 15) is 0 Å². The van der Waals surface area contributed by atoms with Crippen LogP contribution in [0.25, 0.3) is 0 Å². The molecule has 0 atom stereocenters. The summed E-state index contributed by atoms with van der Waals surface area (Å²) < 4.78 is 5.43.